The molecule has 0 heterocycles. The zero-order chi connectivity index (χ0) is 23.7. The van der Waals surface area contributed by atoms with Crippen LogP contribution < -0.4 is 9.47 Å². The molecule has 1 fully saturated rings. The SMILES string of the molecule is CCCCCCC(C)(C)c1cc(OC)c(C2=C[C@H]3CC[C@]2(C(=O)OC)C3(C)C)c(OC)c1. The van der Waals surface area contributed by atoms with Gasteiger partial charge in [-0.3, -0.25) is 4.79 Å². The Morgan fingerprint density at radius 1 is 1.06 bits per heavy atom. The highest BCUT2D eigenvalue weighted by atomic mass is 16.5. The van der Waals surface area contributed by atoms with Gasteiger partial charge in [0.15, 0.2) is 0 Å². The summed E-state index contributed by atoms with van der Waals surface area (Å²) < 4.78 is 17.3. The number of ether oxygens (including phenoxy) is 3. The second-order valence-corrected chi connectivity index (χ2v) is 10.8. The topological polar surface area (TPSA) is 44.8 Å². The molecule has 0 unspecified atom stereocenters. The number of fused-ring (bicyclic) bond motifs is 2. The van der Waals surface area contributed by atoms with Crippen LogP contribution >= 0.6 is 0 Å². The zero-order valence-electron chi connectivity index (χ0n) is 21.4. The van der Waals surface area contributed by atoms with Crippen LogP contribution in [0.5, 0.6) is 11.5 Å². The summed E-state index contributed by atoms with van der Waals surface area (Å²) in [5.74, 6) is 1.73. The lowest BCUT2D eigenvalue weighted by Gasteiger charge is -2.39. The van der Waals surface area contributed by atoms with Crippen molar-refractivity contribution < 1.29 is 19.0 Å². The molecule has 0 amide bonds. The molecule has 0 N–H and O–H groups in total. The highest BCUT2D eigenvalue weighted by Crippen LogP contribution is 2.69. The predicted molar refractivity (Wildman–Crippen MR) is 130 cm³/mol. The molecule has 0 spiro atoms. The average Bonchev–Trinajstić information content (AvgIpc) is 3.17. The van der Waals surface area contributed by atoms with Crippen molar-refractivity contribution in [1.29, 1.82) is 0 Å². The van der Waals surface area contributed by atoms with E-state index in [1.165, 1.54) is 38.4 Å². The maximum atomic E-state index is 13.2. The number of carbonyl (C=O) groups excluding carboxylic acids is 1. The van der Waals surface area contributed by atoms with E-state index in [0.29, 0.717) is 5.92 Å². The lowest BCUT2D eigenvalue weighted by Crippen LogP contribution is -2.41. The average molecular weight is 443 g/mol. The van der Waals surface area contributed by atoms with Gasteiger partial charge in [-0.25, -0.2) is 0 Å². The number of carbonyl (C=O) groups is 1. The minimum absolute atomic E-state index is 0.00913. The maximum absolute atomic E-state index is 13.2. The van der Waals surface area contributed by atoms with Gasteiger partial charge in [-0.1, -0.05) is 66.4 Å². The van der Waals surface area contributed by atoms with Gasteiger partial charge in [-0.15, -0.1) is 0 Å². The van der Waals surface area contributed by atoms with Gasteiger partial charge >= 0.3 is 5.97 Å². The first-order valence-corrected chi connectivity index (χ1v) is 12.2. The number of methoxy groups -OCH3 is 3. The van der Waals surface area contributed by atoms with Crippen molar-refractivity contribution >= 4 is 11.5 Å². The molecule has 2 atom stereocenters. The lowest BCUT2D eigenvalue weighted by molar-refractivity contribution is -0.153. The van der Waals surface area contributed by atoms with Crippen molar-refractivity contribution in [2.75, 3.05) is 21.3 Å². The van der Waals surface area contributed by atoms with E-state index in [-0.39, 0.29) is 16.8 Å². The highest BCUT2D eigenvalue weighted by molar-refractivity contribution is 5.99. The third-order valence-electron chi connectivity index (χ3n) is 8.43. The molecule has 1 aromatic carbocycles. The van der Waals surface area contributed by atoms with E-state index in [1.807, 2.05) is 0 Å². The summed E-state index contributed by atoms with van der Waals surface area (Å²) in [6, 6.07) is 4.31. The number of benzene rings is 1. The quantitative estimate of drug-likeness (QED) is 0.291. The molecule has 3 rings (SSSR count). The van der Waals surface area contributed by atoms with Crippen LogP contribution in [0.3, 0.4) is 0 Å². The summed E-state index contributed by atoms with van der Waals surface area (Å²) in [6.07, 6.45) is 10.2. The van der Waals surface area contributed by atoms with Gasteiger partial charge in [0.2, 0.25) is 0 Å². The Kier molecular flexibility index (Phi) is 7.02. The molecule has 0 radical (unpaired) electrons. The number of rotatable bonds is 10. The number of esters is 1. The number of unbranched alkanes of at least 4 members (excludes halogenated alkanes) is 3. The van der Waals surface area contributed by atoms with Gasteiger partial charge in [0.05, 0.1) is 32.3 Å². The first-order chi connectivity index (χ1) is 15.1. The van der Waals surface area contributed by atoms with E-state index in [1.54, 1.807) is 14.2 Å². The zero-order valence-corrected chi connectivity index (χ0v) is 21.4. The van der Waals surface area contributed by atoms with Crippen molar-refractivity contribution in [2.45, 2.75) is 85.0 Å². The third-order valence-corrected chi connectivity index (χ3v) is 8.43. The standard InChI is InChI=1S/C28H42O4/c1-9-10-11-12-14-26(2,3)20-17-22(30-6)24(23(18-20)31-7)21-16-19-13-15-28(21,25(29)32-8)27(19,4)5/h16-19H,9-15H2,1-8H3/t19-,28+/m1/s1. The predicted octanol–water partition coefficient (Wildman–Crippen LogP) is 6.94. The molecule has 1 aromatic rings. The van der Waals surface area contributed by atoms with Crippen molar-refractivity contribution in [3.63, 3.8) is 0 Å². The minimum atomic E-state index is -0.676. The van der Waals surface area contributed by atoms with Crippen LogP contribution in [0.4, 0.5) is 0 Å². The van der Waals surface area contributed by atoms with Crippen LogP contribution in [0.25, 0.3) is 5.57 Å². The van der Waals surface area contributed by atoms with Gasteiger partial charge in [-0.2, -0.15) is 0 Å². The van der Waals surface area contributed by atoms with Gasteiger partial charge < -0.3 is 14.2 Å². The molecule has 2 aliphatic carbocycles. The Labute approximate surface area is 194 Å². The smallest absolute Gasteiger partial charge is 0.316 e. The second-order valence-electron chi connectivity index (χ2n) is 10.8. The van der Waals surface area contributed by atoms with E-state index in [2.05, 4.69) is 52.8 Å². The fourth-order valence-corrected chi connectivity index (χ4v) is 6.14. The summed E-state index contributed by atoms with van der Waals surface area (Å²) in [7, 11) is 4.91. The monoisotopic (exact) mass is 442 g/mol. The summed E-state index contributed by atoms with van der Waals surface area (Å²) >= 11 is 0. The van der Waals surface area contributed by atoms with Gasteiger partial charge in [0.25, 0.3) is 0 Å². The minimum Gasteiger partial charge on any atom is -0.496 e. The van der Waals surface area contributed by atoms with Crippen LogP contribution in [0.2, 0.25) is 0 Å². The molecule has 2 bridgehead atoms. The normalized spacial score (nSPS) is 23.8. The van der Waals surface area contributed by atoms with Crippen molar-refractivity contribution in [2.24, 2.45) is 16.7 Å². The first kappa shape index (κ1) is 24.7. The fraction of sp³-hybridized carbons (Fsp3) is 0.679. The summed E-state index contributed by atoms with van der Waals surface area (Å²) in [6.45, 7) is 11.2. The number of allylic oxidation sites excluding steroid dienone is 1. The van der Waals surface area contributed by atoms with Crippen LogP contribution in [-0.2, 0) is 14.9 Å². The van der Waals surface area contributed by atoms with Crippen molar-refractivity contribution in [3.05, 3.63) is 29.3 Å². The Bertz CT molecular complexity index is 854. The Morgan fingerprint density at radius 3 is 2.19 bits per heavy atom. The largest absolute Gasteiger partial charge is 0.496 e. The molecule has 178 valence electrons. The molecular formula is C28H42O4. The van der Waals surface area contributed by atoms with E-state index >= 15 is 0 Å². The molecular weight excluding hydrogens is 400 g/mol. The van der Waals surface area contributed by atoms with E-state index in [9.17, 15) is 4.79 Å². The molecule has 32 heavy (non-hydrogen) atoms. The van der Waals surface area contributed by atoms with Crippen LogP contribution in [0.1, 0.15) is 90.7 Å². The van der Waals surface area contributed by atoms with Crippen molar-refractivity contribution in [1.82, 2.24) is 0 Å². The highest BCUT2D eigenvalue weighted by Gasteiger charge is 2.65. The van der Waals surface area contributed by atoms with E-state index < -0.39 is 5.41 Å². The van der Waals surface area contributed by atoms with Crippen LogP contribution in [-0.4, -0.2) is 27.3 Å². The Balaban J connectivity index is 2.09. The first-order valence-electron chi connectivity index (χ1n) is 12.2. The fourth-order valence-electron chi connectivity index (χ4n) is 6.14. The molecule has 0 saturated heterocycles. The second kappa shape index (κ2) is 9.11. The van der Waals surface area contributed by atoms with E-state index in [0.717, 1.165) is 41.9 Å². The molecule has 4 heteroatoms. The summed E-state index contributed by atoms with van der Waals surface area (Å²) in [5.41, 5.74) is 2.25. The van der Waals surface area contributed by atoms with Crippen molar-refractivity contribution in [3.8, 4) is 11.5 Å². The Morgan fingerprint density at radius 2 is 1.69 bits per heavy atom. The lowest BCUT2D eigenvalue weighted by atomic mass is 9.64. The maximum Gasteiger partial charge on any atom is 0.316 e. The number of hydrogen-bond acceptors (Lipinski definition) is 4. The summed E-state index contributed by atoms with van der Waals surface area (Å²) in [5, 5.41) is 0. The van der Waals surface area contributed by atoms with Gasteiger partial charge in [0.1, 0.15) is 11.5 Å². The number of hydrogen-bond donors (Lipinski definition) is 0. The third kappa shape index (κ3) is 3.74. The van der Waals surface area contributed by atoms with Crippen LogP contribution in [0.15, 0.2) is 18.2 Å². The van der Waals surface area contributed by atoms with Gasteiger partial charge in [-0.05, 0) is 59.3 Å². The van der Waals surface area contributed by atoms with E-state index in [4.69, 9.17) is 14.2 Å². The Hall–Kier alpha value is -1.97. The van der Waals surface area contributed by atoms with Gasteiger partial charge in [0, 0.05) is 0 Å². The molecule has 2 aliphatic rings. The molecule has 0 aromatic heterocycles. The van der Waals surface area contributed by atoms with Crippen LogP contribution in [0, 0.1) is 16.7 Å². The molecule has 0 aliphatic heterocycles. The summed E-state index contributed by atoms with van der Waals surface area (Å²) in [4.78, 5) is 13.2. The molecule has 4 nitrogen and oxygen atoms in total. The molecule has 1 saturated carbocycles.